The molecule has 2 rings (SSSR count). The van der Waals surface area contributed by atoms with E-state index < -0.39 is 0 Å². The van der Waals surface area contributed by atoms with Gasteiger partial charge in [-0.25, -0.2) is 19.6 Å². The molecule has 2 N–H and O–H groups in total. The highest BCUT2D eigenvalue weighted by molar-refractivity contribution is 9.10. The quantitative estimate of drug-likeness (QED) is 0.833. The fourth-order valence-electron chi connectivity index (χ4n) is 0.902. The van der Waals surface area contributed by atoms with Crippen molar-refractivity contribution >= 4 is 33.5 Å². The van der Waals surface area contributed by atoms with Gasteiger partial charge in [-0.15, -0.1) is 0 Å². The Morgan fingerprint density at radius 3 is 2.80 bits per heavy atom. The van der Waals surface area contributed by atoms with Crippen molar-refractivity contribution in [2.75, 3.05) is 5.73 Å². The van der Waals surface area contributed by atoms with Crippen molar-refractivity contribution in [3.63, 3.8) is 0 Å². The Morgan fingerprint density at radius 1 is 1.33 bits per heavy atom. The Balaban J connectivity index is 2.33. The molecule has 2 heterocycles. The average molecular weight is 287 g/mol. The molecule has 0 aliphatic rings. The molecule has 0 fully saturated rings. The van der Waals surface area contributed by atoms with Crippen molar-refractivity contribution < 1.29 is 0 Å². The van der Waals surface area contributed by atoms with Gasteiger partial charge in [-0.1, -0.05) is 0 Å². The van der Waals surface area contributed by atoms with Crippen LogP contribution in [0.1, 0.15) is 0 Å². The lowest BCUT2D eigenvalue weighted by Crippen LogP contribution is -1.97. The van der Waals surface area contributed by atoms with Gasteiger partial charge in [0.25, 0.3) is 0 Å². The topological polar surface area (TPSA) is 82.5 Å². The third-order valence-corrected chi connectivity index (χ3v) is 3.74. The molecule has 15 heavy (non-hydrogen) atoms. The number of rotatable bonds is 2. The van der Waals surface area contributed by atoms with Crippen LogP contribution in [0.4, 0.5) is 5.82 Å². The summed E-state index contributed by atoms with van der Waals surface area (Å²) in [6.45, 7) is 0. The minimum Gasteiger partial charge on any atom is -0.383 e. The van der Waals surface area contributed by atoms with Crippen molar-refractivity contribution in [2.24, 2.45) is 7.05 Å². The average Bonchev–Trinajstić information content (AvgIpc) is 2.60. The fraction of sp³-hybridized carbons (Fsp3) is 0.143. The molecule has 2 aromatic rings. The van der Waals surface area contributed by atoms with Gasteiger partial charge in [0, 0.05) is 7.05 Å². The molecule has 0 aliphatic carbocycles. The van der Waals surface area contributed by atoms with Gasteiger partial charge in [-0.05, 0) is 27.7 Å². The van der Waals surface area contributed by atoms with Gasteiger partial charge in [0.05, 0.1) is 4.47 Å². The zero-order valence-corrected chi connectivity index (χ0v) is 10.2. The number of aryl methyl sites for hydroxylation is 1. The molecule has 0 atom stereocenters. The second-order valence-corrected chi connectivity index (χ2v) is 4.40. The van der Waals surface area contributed by atoms with Crippen LogP contribution >= 0.6 is 27.7 Å². The number of nitrogen functional groups attached to an aromatic ring is 1. The Bertz CT molecular complexity index is 484. The SMILES string of the molecule is Cn1ncnc1Sc1ncnc(N)c1Br. The van der Waals surface area contributed by atoms with Gasteiger partial charge in [0.2, 0.25) is 0 Å². The Labute approximate surface area is 98.5 Å². The number of aromatic nitrogens is 5. The minimum atomic E-state index is 0.412. The molecular formula is C7H7BrN6S. The Kier molecular flexibility index (Phi) is 2.87. The lowest BCUT2D eigenvalue weighted by molar-refractivity contribution is 0.684. The summed E-state index contributed by atoms with van der Waals surface area (Å²) in [5, 5.41) is 5.42. The minimum absolute atomic E-state index is 0.412. The van der Waals surface area contributed by atoms with E-state index in [9.17, 15) is 0 Å². The van der Waals surface area contributed by atoms with Crippen LogP contribution in [0.2, 0.25) is 0 Å². The van der Waals surface area contributed by atoms with Crippen LogP contribution in [-0.4, -0.2) is 24.7 Å². The predicted octanol–water partition coefficient (Wildman–Crippen LogP) is 1.10. The smallest absolute Gasteiger partial charge is 0.192 e. The Hall–Kier alpha value is -1.15. The van der Waals surface area contributed by atoms with Crippen molar-refractivity contribution in [1.29, 1.82) is 0 Å². The second kappa shape index (κ2) is 4.15. The first kappa shape index (κ1) is 10.4. The van der Waals surface area contributed by atoms with Crippen LogP contribution in [0.15, 0.2) is 27.3 Å². The number of hydrogen-bond donors (Lipinski definition) is 1. The lowest BCUT2D eigenvalue weighted by atomic mass is 10.6. The first-order valence-electron chi connectivity index (χ1n) is 3.96. The predicted molar refractivity (Wildman–Crippen MR) is 59.3 cm³/mol. The van der Waals surface area contributed by atoms with Crippen LogP contribution in [0.25, 0.3) is 0 Å². The normalized spacial score (nSPS) is 10.5. The molecular weight excluding hydrogens is 280 g/mol. The molecule has 0 saturated carbocycles. The van der Waals surface area contributed by atoms with Crippen molar-refractivity contribution in [1.82, 2.24) is 24.7 Å². The highest BCUT2D eigenvalue weighted by Crippen LogP contribution is 2.32. The summed E-state index contributed by atoms with van der Waals surface area (Å²) >= 11 is 4.70. The lowest BCUT2D eigenvalue weighted by Gasteiger charge is -2.03. The van der Waals surface area contributed by atoms with Crippen LogP contribution in [0.5, 0.6) is 0 Å². The molecule has 0 radical (unpaired) electrons. The van der Waals surface area contributed by atoms with E-state index in [2.05, 4.69) is 36.0 Å². The summed E-state index contributed by atoms with van der Waals surface area (Å²) in [5.74, 6) is 0.412. The summed E-state index contributed by atoms with van der Waals surface area (Å²) in [6.07, 6.45) is 2.90. The van der Waals surface area contributed by atoms with E-state index in [0.29, 0.717) is 10.3 Å². The standard InChI is InChI=1S/C7H7BrN6S/c1-14-7(12-3-13-14)15-6-4(8)5(9)10-2-11-6/h2-3H,1H3,(H2,9,10,11). The van der Waals surface area contributed by atoms with E-state index in [1.807, 2.05) is 7.05 Å². The van der Waals surface area contributed by atoms with Gasteiger partial charge < -0.3 is 5.73 Å². The maximum Gasteiger partial charge on any atom is 0.192 e. The second-order valence-electron chi connectivity index (χ2n) is 2.65. The monoisotopic (exact) mass is 286 g/mol. The summed E-state index contributed by atoms with van der Waals surface area (Å²) in [7, 11) is 1.81. The first-order chi connectivity index (χ1) is 7.18. The number of halogens is 1. The maximum absolute atomic E-state index is 5.63. The van der Waals surface area contributed by atoms with Gasteiger partial charge in [0.1, 0.15) is 23.5 Å². The number of hydrogen-bond acceptors (Lipinski definition) is 6. The number of nitrogens with two attached hydrogens (primary N) is 1. The summed E-state index contributed by atoms with van der Waals surface area (Å²) in [4.78, 5) is 12.0. The van der Waals surface area contributed by atoms with E-state index in [4.69, 9.17) is 5.73 Å². The molecule has 0 unspecified atom stereocenters. The third kappa shape index (κ3) is 2.10. The molecule has 0 aliphatic heterocycles. The fourth-order valence-corrected chi connectivity index (χ4v) is 2.10. The molecule has 0 bridgehead atoms. The largest absolute Gasteiger partial charge is 0.383 e. The van der Waals surface area contributed by atoms with E-state index >= 15 is 0 Å². The van der Waals surface area contributed by atoms with Crippen molar-refractivity contribution in [3.05, 3.63) is 17.1 Å². The van der Waals surface area contributed by atoms with E-state index in [1.165, 1.54) is 24.4 Å². The zero-order chi connectivity index (χ0) is 10.8. The summed E-state index contributed by atoms with van der Waals surface area (Å²) < 4.78 is 2.34. The van der Waals surface area contributed by atoms with E-state index in [-0.39, 0.29) is 0 Å². The van der Waals surface area contributed by atoms with Crippen molar-refractivity contribution in [2.45, 2.75) is 10.2 Å². The highest BCUT2D eigenvalue weighted by Gasteiger charge is 2.10. The molecule has 78 valence electrons. The van der Waals surface area contributed by atoms with Crippen LogP contribution < -0.4 is 5.73 Å². The molecule has 0 aromatic carbocycles. The van der Waals surface area contributed by atoms with Gasteiger partial charge >= 0.3 is 0 Å². The van der Waals surface area contributed by atoms with Crippen LogP contribution in [0, 0.1) is 0 Å². The van der Waals surface area contributed by atoms with E-state index in [0.717, 1.165) is 10.2 Å². The van der Waals surface area contributed by atoms with Gasteiger partial charge in [-0.2, -0.15) is 5.10 Å². The molecule has 0 spiro atoms. The molecule has 0 amide bonds. The third-order valence-electron chi connectivity index (χ3n) is 1.64. The Morgan fingerprint density at radius 2 is 2.13 bits per heavy atom. The first-order valence-corrected chi connectivity index (χ1v) is 5.57. The maximum atomic E-state index is 5.63. The zero-order valence-electron chi connectivity index (χ0n) is 7.75. The summed E-state index contributed by atoms with van der Waals surface area (Å²) in [6, 6.07) is 0. The molecule has 8 heteroatoms. The summed E-state index contributed by atoms with van der Waals surface area (Å²) in [5.41, 5.74) is 5.63. The van der Waals surface area contributed by atoms with Gasteiger partial charge in [0.15, 0.2) is 5.16 Å². The molecule has 6 nitrogen and oxygen atoms in total. The van der Waals surface area contributed by atoms with Gasteiger partial charge in [-0.3, -0.25) is 0 Å². The molecule has 2 aromatic heterocycles. The molecule has 0 saturated heterocycles. The highest BCUT2D eigenvalue weighted by atomic mass is 79.9. The van der Waals surface area contributed by atoms with Crippen LogP contribution in [0.3, 0.4) is 0 Å². The number of nitrogens with zero attached hydrogens (tertiary/aromatic N) is 5. The van der Waals surface area contributed by atoms with Crippen LogP contribution in [-0.2, 0) is 7.05 Å². The number of anilines is 1. The van der Waals surface area contributed by atoms with E-state index in [1.54, 1.807) is 4.68 Å². The van der Waals surface area contributed by atoms with Crippen molar-refractivity contribution in [3.8, 4) is 0 Å².